The summed E-state index contributed by atoms with van der Waals surface area (Å²) in [4.78, 5) is 72.7. The fraction of sp³-hybridized carbons (Fsp3) is 0.683. The van der Waals surface area contributed by atoms with Gasteiger partial charge in [0.1, 0.15) is 0 Å². The summed E-state index contributed by atoms with van der Waals surface area (Å²) in [5, 5.41) is 15.3. The van der Waals surface area contributed by atoms with E-state index in [1.807, 2.05) is 69.2 Å². The Morgan fingerprint density at radius 1 is 0.728 bits per heavy atom. The molecule has 18 nitrogen and oxygen atoms in total. The number of benzene rings is 2. The lowest BCUT2D eigenvalue weighted by molar-refractivity contribution is -0.135. The van der Waals surface area contributed by atoms with Gasteiger partial charge in [-0.3, -0.25) is 23.9 Å². The summed E-state index contributed by atoms with van der Waals surface area (Å²) in [6.07, 6.45) is 16.6. The van der Waals surface area contributed by atoms with Crippen molar-refractivity contribution in [1.29, 1.82) is 0 Å². The molecule has 0 bridgehead atoms. The zero-order valence-electron chi connectivity index (χ0n) is 51.7. The minimum absolute atomic E-state index is 0.0597. The number of nitrogens with zero attached hydrogens (tertiary/aromatic N) is 8. The number of para-hydroxylation sites is 1. The number of alkyl carbamates (subject to hydrolysis) is 2. The molecule has 0 aliphatic carbocycles. The van der Waals surface area contributed by atoms with E-state index in [2.05, 4.69) is 96.6 Å². The van der Waals surface area contributed by atoms with Crippen molar-refractivity contribution >= 4 is 46.3 Å². The number of ether oxygens (including phenoxy) is 2. The van der Waals surface area contributed by atoms with Crippen LogP contribution in [0.15, 0.2) is 53.5 Å². The number of aromatic nitrogens is 3. The van der Waals surface area contributed by atoms with Crippen LogP contribution >= 0.6 is 0 Å². The molecule has 81 heavy (non-hydrogen) atoms. The highest BCUT2D eigenvalue weighted by atomic mass is 16.6. The van der Waals surface area contributed by atoms with Crippen LogP contribution in [0.4, 0.5) is 9.59 Å². The Balaban J connectivity index is 0.000000293. The Labute approximate surface area is 486 Å². The van der Waals surface area contributed by atoms with Crippen LogP contribution in [-0.4, -0.2) is 175 Å². The minimum atomic E-state index is -0.512. The molecule has 4 aliphatic heterocycles. The maximum absolute atomic E-state index is 13.4. The second-order valence-corrected chi connectivity index (χ2v) is 22.3. The van der Waals surface area contributed by atoms with Crippen molar-refractivity contribution < 1.29 is 28.7 Å². The van der Waals surface area contributed by atoms with Gasteiger partial charge in [0.15, 0.2) is 13.5 Å². The first-order valence-electron chi connectivity index (χ1n) is 30.9. The molecule has 1 unspecified atom stereocenters. The molecule has 4 aromatic rings. The molecule has 6 heterocycles. The van der Waals surface area contributed by atoms with Crippen molar-refractivity contribution in [2.45, 2.75) is 177 Å². The second kappa shape index (κ2) is 37.5. The number of carbonyl (C=O) groups is 4. The number of likely N-dealkylation sites (N-methyl/N-ethyl adjacent to an activating group) is 1. The first-order valence-corrected chi connectivity index (χ1v) is 30.9. The fourth-order valence-corrected chi connectivity index (χ4v) is 10.8. The number of hydrogen-bond acceptors (Lipinski definition) is 12. The molecule has 0 spiro atoms. The van der Waals surface area contributed by atoms with Crippen LogP contribution in [0.3, 0.4) is 0 Å². The first-order chi connectivity index (χ1) is 39.2. The number of carbonyl (C=O) groups excluding carboxylic acids is 4. The Morgan fingerprint density at radius 3 is 1.85 bits per heavy atom. The van der Waals surface area contributed by atoms with Gasteiger partial charge in [0.25, 0.3) is 5.56 Å². The van der Waals surface area contributed by atoms with Crippen LogP contribution in [0, 0.1) is 12.8 Å². The van der Waals surface area contributed by atoms with Crippen LogP contribution < -0.4 is 21.5 Å². The fourth-order valence-electron chi connectivity index (χ4n) is 10.8. The summed E-state index contributed by atoms with van der Waals surface area (Å²) in [5.41, 5.74) is 4.34. The summed E-state index contributed by atoms with van der Waals surface area (Å²) in [7, 11) is 6.26. The quantitative estimate of drug-likeness (QED) is 0.0599. The van der Waals surface area contributed by atoms with Gasteiger partial charge in [-0.2, -0.15) is 5.10 Å². The van der Waals surface area contributed by atoms with Gasteiger partial charge in [-0.05, 0) is 159 Å². The van der Waals surface area contributed by atoms with Crippen LogP contribution in [0.2, 0.25) is 0 Å². The Hall–Kier alpha value is -5.56. The molecule has 4 saturated heterocycles. The average molecular weight is 1130 g/mol. The highest BCUT2D eigenvalue weighted by Crippen LogP contribution is 2.28. The van der Waals surface area contributed by atoms with E-state index in [0.29, 0.717) is 38.6 Å². The monoisotopic (exact) mass is 1130 g/mol. The molecule has 0 radical (unpaired) electrons. The summed E-state index contributed by atoms with van der Waals surface area (Å²) >= 11 is 0. The van der Waals surface area contributed by atoms with Crippen molar-refractivity contribution in [3.8, 4) is 0 Å². The van der Waals surface area contributed by atoms with Gasteiger partial charge in [0, 0.05) is 75.5 Å². The number of rotatable bonds is 19. The van der Waals surface area contributed by atoms with Gasteiger partial charge < -0.3 is 45.0 Å². The predicted molar refractivity (Wildman–Crippen MR) is 329 cm³/mol. The molecule has 4 amide bonds. The molecule has 1 atom stereocenters. The highest BCUT2D eigenvalue weighted by molar-refractivity contribution is 5.84. The third kappa shape index (κ3) is 22.6. The van der Waals surface area contributed by atoms with Gasteiger partial charge in [-0.15, -0.1) is 0 Å². The maximum Gasteiger partial charge on any atom is 0.408 e. The van der Waals surface area contributed by atoms with E-state index >= 15 is 0 Å². The van der Waals surface area contributed by atoms with Crippen LogP contribution in [0.1, 0.15) is 155 Å². The van der Waals surface area contributed by atoms with Crippen molar-refractivity contribution in [1.82, 2.24) is 54.8 Å². The van der Waals surface area contributed by atoms with Crippen LogP contribution in [0.25, 0.3) is 21.8 Å². The summed E-state index contributed by atoms with van der Waals surface area (Å²) in [5.74, 6) is 1.25. The molecule has 2 aromatic carbocycles. The number of hydrogen-bond donors (Lipinski definition) is 3. The number of aryl methyl sites for hydroxylation is 1. The number of unbranched alkanes of at least 4 members (excludes halogenated alkanes) is 4. The normalized spacial score (nSPS) is 17.0. The van der Waals surface area contributed by atoms with Crippen molar-refractivity contribution in [3.05, 3.63) is 75.7 Å². The third-order valence-electron chi connectivity index (χ3n) is 15.7. The molecule has 18 heteroatoms. The SMILES string of the molecule is CC.CC1CCN(C)CC1.CCC.CCCCCNC(=O)OCn1c(=O)c(C2CCN(C=O)CC2)cc2ccccc21.CCCCCNC(=O)OCn1cc2cc(CC(NC)C(=O)N3CCN(C4CCN(C)CC4)CC3)cc(C)c2n1. The van der Waals surface area contributed by atoms with Gasteiger partial charge in [0.05, 0.1) is 17.1 Å². The van der Waals surface area contributed by atoms with Crippen LogP contribution in [-0.2, 0) is 38.9 Å². The molecule has 2 aromatic heterocycles. The predicted octanol–water partition coefficient (Wildman–Crippen LogP) is 9.59. The van der Waals surface area contributed by atoms with E-state index in [-0.39, 0.29) is 36.9 Å². The number of pyridine rings is 1. The number of fused-ring (bicyclic) bond motifs is 2. The number of likely N-dealkylation sites (tertiary alicyclic amines) is 3. The molecule has 8 rings (SSSR count). The number of amides is 4. The smallest absolute Gasteiger partial charge is 0.408 e. The number of piperazine rings is 1. The standard InChI is InChI=1S/C29H47N7O3.C22H29N3O4.C7H15N.C3H8.C2H6/c1-5-6-7-10-31-29(38)39-21-36-20-24-18-23(17-22(2)27(24)32-36)19-26(30-3)28(37)35-15-13-34(14-16-35)25-8-11-33(4)12-9-25;1-2-3-6-11-23-22(28)29-16-25-20-8-5-4-7-18(20)14-19(21(25)27)17-9-12-24(15-26)13-10-17;1-7-3-5-8(2)6-4-7;1-3-2;1-2/h17-18,20,25-26,30H,5-16,19,21H2,1-4H3,(H,31,38);4-5,7-8,14-15,17H,2-3,6,9-13,16H2,1H3,(H,23,28);7H,3-6H2,1-2H3;3H2,1-2H3;1-2H3. The molecule has 0 saturated carbocycles. The van der Waals surface area contributed by atoms with E-state index < -0.39 is 12.2 Å². The zero-order valence-corrected chi connectivity index (χ0v) is 51.7. The lowest BCUT2D eigenvalue weighted by atomic mass is 9.89. The Morgan fingerprint density at radius 2 is 1.30 bits per heavy atom. The van der Waals surface area contributed by atoms with Gasteiger partial charge in [0.2, 0.25) is 12.3 Å². The molecule has 454 valence electrons. The number of piperidine rings is 3. The lowest BCUT2D eigenvalue weighted by Gasteiger charge is -2.42. The molecule has 3 N–H and O–H groups in total. The molecular weight excluding hydrogens is 1020 g/mol. The summed E-state index contributed by atoms with van der Waals surface area (Å²) in [6.45, 7) is 27.7. The van der Waals surface area contributed by atoms with Gasteiger partial charge in [-0.1, -0.05) is 105 Å². The van der Waals surface area contributed by atoms with E-state index in [0.717, 1.165) is 141 Å². The zero-order chi connectivity index (χ0) is 59.1. The van der Waals surface area contributed by atoms with Gasteiger partial charge in [-0.25, -0.2) is 14.3 Å². The van der Waals surface area contributed by atoms with E-state index in [4.69, 9.17) is 9.47 Å². The average Bonchev–Trinajstić information content (AvgIpc) is 3.91. The Bertz CT molecular complexity index is 2490. The van der Waals surface area contributed by atoms with E-state index in [1.165, 1.54) is 49.8 Å². The van der Waals surface area contributed by atoms with Gasteiger partial charge >= 0.3 is 12.2 Å². The topological polar surface area (TPSA) is 179 Å². The summed E-state index contributed by atoms with van der Waals surface area (Å²) in [6, 6.07) is 14.1. The van der Waals surface area contributed by atoms with E-state index in [9.17, 15) is 24.0 Å². The minimum Gasteiger partial charge on any atom is -0.428 e. The molecule has 4 aliphatic rings. The van der Waals surface area contributed by atoms with E-state index in [1.54, 1.807) is 9.58 Å². The second-order valence-electron chi connectivity index (χ2n) is 22.3. The maximum atomic E-state index is 13.4. The van der Waals surface area contributed by atoms with Crippen molar-refractivity contribution in [3.63, 3.8) is 0 Å². The van der Waals surface area contributed by atoms with Crippen molar-refractivity contribution in [2.24, 2.45) is 5.92 Å². The van der Waals surface area contributed by atoms with Crippen LogP contribution in [0.5, 0.6) is 0 Å². The molecular formula is C63H105N11O7. The number of nitrogens with one attached hydrogen (secondary N) is 3. The summed E-state index contributed by atoms with van der Waals surface area (Å²) < 4.78 is 13.8. The lowest BCUT2D eigenvalue weighted by Crippen LogP contribution is -2.57. The first kappa shape index (κ1) is 67.9. The van der Waals surface area contributed by atoms with Crippen molar-refractivity contribution in [2.75, 3.05) is 99.7 Å². The Kier molecular flexibility index (Phi) is 31.5. The largest absolute Gasteiger partial charge is 0.428 e. The third-order valence-corrected chi connectivity index (χ3v) is 15.7. The highest BCUT2D eigenvalue weighted by Gasteiger charge is 2.31. The molecule has 4 fully saturated rings.